The Morgan fingerprint density at radius 2 is 1.61 bits per heavy atom. The Bertz CT molecular complexity index is 813. The maximum atomic E-state index is 12.6. The summed E-state index contributed by atoms with van der Waals surface area (Å²) < 4.78 is 38.7. The van der Waals surface area contributed by atoms with Gasteiger partial charge in [-0.25, -0.2) is 13.1 Å². The number of hydrogen-bond acceptors (Lipinski definition) is 4. The van der Waals surface area contributed by atoms with Crippen LogP contribution in [0, 0.1) is 13.8 Å². The molecule has 1 N–H and O–H groups in total. The number of sulfonamides is 1. The molecule has 0 aromatic heterocycles. The van der Waals surface area contributed by atoms with Crippen LogP contribution in [0.15, 0.2) is 41.3 Å². The van der Waals surface area contributed by atoms with Gasteiger partial charge in [0.05, 0.1) is 4.90 Å². The number of ether oxygens (including phenoxy) is 2. The fraction of sp³-hybridized carbons (Fsp3) is 0.294. The van der Waals surface area contributed by atoms with Crippen LogP contribution in [0.5, 0.6) is 11.5 Å². The summed E-state index contributed by atoms with van der Waals surface area (Å²) in [4.78, 5) is 0.217. The molecule has 2 aromatic rings. The van der Waals surface area contributed by atoms with Crippen LogP contribution >= 0.6 is 0 Å². The largest absolute Gasteiger partial charge is 0.486 e. The molecule has 5 nitrogen and oxygen atoms in total. The smallest absolute Gasteiger partial charge is 0.241 e. The predicted molar refractivity (Wildman–Crippen MR) is 87.4 cm³/mol. The molecule has 0 radical (unpaired) electrons. The SMILES string of the molecule is Cc1ccc(CNS(=O)(=O)c2cc3c(cc2C)OCCO3)cc1. The number of hydrogen-bond donors (Lipinski definition) is 1. The lowest BCUT2D eigenvalue weighted by atomic mass is 10.2. The zero-order valence-corrected chi connectivity index (χ0v) is 13.9. The van der Waals surface area contributed by atoms with Crippen molar-refractivity contribution in [2.45, 2.75) is 25.3 Å². The van der Waals surface area contributed by atoms with Gasteiger partial charge in [0.1, 0.15) is 13.2 Å². The van der Waals surface area contributed by atoms with E-state index in [4.69, 9.17) is 9.47 Å². The highest BCUT2D eigenvalue weighted by atomic mass is 32.2. The lowest BCUT2D eigenvalue weighted by Crippen LogP contribution is -2.24. The molecule has 2 aromatic carbocycles. The van der Waals surface area contributed by atoms with E-state index in [-0.39, 0.29) is 11.4 Å². The number of rotatable bonds is 4. The van der Waals surface area contributed by atoms with Gasteiger partial charge in [0.2, 0.25) is 10.0 Å². The fourth-order valence-corrected chi connectivity index (χ4v) is 3.68. The summed E-state index contributed by atoms with van der Waals surface area (Å²) in [5, 5.41) is 0. The monoisotopic (exact) mass is 333 g/mol. The second kappa shape index (κ2) is 6.22. The third-order valence-electron chi connectivity index (χ3n) is 3.72. The predicted octanol–water partition coefficient (Wildman–Crippen LogP) is 2.55. The van der Waals surface area contributed by atoms with Crippen LogP contribution in [0.2, 0.25) is 0 Å². The molecule has 0 aliphatic carbocycles. The zero-order chi connectivity index (χ0) is 16.4. The molecular formula is C17H19NO4S. The van der Waals surface area contributed by atoms with E-state index < -0.39 is 10.0 Å². The molecule has 1 heterocycles. The second-order valence-corrected chi connectivity index (χ2v) is 7.31. The van der Waals surface area contributed by atoms with E-state index >= 15 is 0 Å². The average Bonchev–Trinajstić information content (AvgIpc) is 2.53. The lowest BCUT2D eigenvalue weighted by molar-refractivity contribution is 0.171. The van der Waals surface area contributed by atoms with Crippen LogP contribution in [0.25, 0.3) is 0 Å². The van der Waals surface area contributed by atoms with Gasteiger partial charge in [-0.05, 0) is 31.0 Å². The molecule has 0 atom stereocenters. The number of aryl methyl sites for hydroxylation is 2. The van der Waals surface area contributed by atoms with E-state index in [9.17, 15) is 8.42 Å². The minimum atomic E-state index is -3.62. The maximum Gasteiger partial charge on any atom is 0.241 e. The summed E-state index contributed by atoms with van der Waals surface area (Å²) in [7, 11) is -3.62. The van der Waals surface area contributed by atoms with Gasteiger partial charge < -0.3 is 9.47 Å². The minimum absolute atomic E-state index is 0.217. The Hall–Kier alpha value is -2.05. The van der Waals surface area contributed by atoms with Crippen LogP contribution in [-0.2, 0) is 16.6 Å². The summed E-state index contributed by atoms with van der Waals surface area (Å²) in [6, 6.07) is 11.0. The normalized spacial score (nSPS) is 13.8. The van der Waals surface area contributed by atoms with Crippen LogP contribution in [-0.4, -0.2) is 21.6 Å². The van der Waals surface area contributed by atoms with Gasteiger partial charge in [-0.2, -0.15) is 0 Å². The quantitative estimate of drug-likeness (QED) is 0.934. The molecule has 1 aliphatic rings. The molecule has 122 valence electrons. The highest BCUT2D eigenvalue weighted by Gasteiger charge is 2.22. The molecule has 0 unspecified atom stereocenters. The van der Waals surface area contributed by atoms with Gasteiger partial charge in [-0.3, -0.25) is 0 Å². The first-order valence-corrected chi connectivity index (χ1v) is 8.89. The van der Waals surface area contributed by atoms with E-state index in [0.29, 0.717) is 30.3 Å². The number of fused-ring (bicyclic) bond motifs is 1. The lowest BCUT2D eigenvalue weighted by Gasteiger charge is -2.20. The van der Waals surface area contributed by atoms with Gasteiger partial charge in [-0.15, -0.1) is 0 Å². The molecule has 0 spiro atoms. The van der Waals surface area contributed by atoms with Crippen molar-refractivity contribution < 1.29 is 17.9 Å². The Kier molecular flexibility index (Phi) is 4.28. The van der Waals surface area contributed by atoms with E-state index in [1.165, 1.54) is 6.07 Å². The molecule has 0 amide bonds. The van der Waals surface area contributed by atoms with Crippen LogP contribution in [0.1, 0.15) is 16.7 Å². The van der Waals surface area contributed by atoms with Crippen molar-refractivity contribution in [3.63, 3.8) is 0 Å². The van der Waals surface area contributed by atoms with Gasteiger partial charge >= 0.3 is 0 Å². The molecule has 3 rings (SSSR count). The van der Waals surface area contributed by atoms with Gasteiger partial charge in [0.15, 0.2) is 11.5 Å². The van der Waals surface area contributed by atoms with Crippen LogP contribution in [0.3, 0.4) is 0 Å². The number of nitrogens with one attached hydrogen (secondary N) is 1. The van der Waals surface area contributed by atoms with Gasteiger partial charge in [0.25, 0.3) is 0 Å². The van der Waals surface area contributed by atoms with E-state index in [1.54, 1.807) is 13.0 Å². The zero-order valence-electron chi connectivity index (χ0n) is 13.1. The summed E-state index contributed by atoms with van der Waals surface area (Å²) in [6.07, 6.45) is 0. The van der Waals surface area contributed by atoms with Crippen molar-refractivity contribution >= 4 is 10.0 Å². The Balaban J connectivity index is 1.83. The topological polar surface area (TPSA) is 64.6 Å². The Labute approximate surface area is 136 Å². The first kappa shape index (κ1) is 15.8. The molecule has 6 heteroatoms. The van der Waals surface area contributed by atoms with Crippen LogP contribution in [0.4, 0.5) is 0 Å². The molecule has 23 heavy (non-hydrogen) atoms. The molecule has 0 saturated carbocycles. The third-order valence-corrected chi connectivity index (χ3v) is 5.26. The first-order valence-electron chi connectivity index (χ1n) is 7.41. The summed E-state index contributed by atoms with van der Waals surface area (Å²) in [5.74, 6) is 1.06. The Morgan fingerprint density at radius 3 is 2.26 bits per heavy atom. The van der Waals surface area contributed by atoms with Crippen molar-refractivity contribution in [1.29, 1.82) is 0 Å². The first-order chi connectivity index (χ1) is 11.0. The van der Waals surface area contributed by atoms with E-state index in [1.807, 2.05) is 31.2 Å². The molecular weight excluding hydrogens is 314 g/mol. The highest BCUT2D eigenvalue weighted by molar-refractivity contribution is 7.89. The maximum absolute atomic E-state index is 12.6. The van der Waals surface area contributed by atoms with Crippen molar-refractivity contribution in [1.82, 2.24) is 4.72 Å². The highest BCUT2D eigenvalue weighted by Crippen LogP contribution is 2.34. The number of benzene rings is 2. The third kappa shape index (κ3) is 3.48. The van der Waals surface area contributed by atoms with Crippen molar-refractivity contribution in [3.05, 3.63) is 53.1 Å². The summed E-state index contributed by atoms with van der Waals surface area (Å²) >= 11 is 0. The van der Waals surface area contributed by atoms with E-state index in [2.05, 4.69) is 4.72 Å². The second-order valence-electron chi connectivity index (χ2n) is 5.57. The molecule has 0 bridgehead atoms. The van der Waals surface area contributed by atoms with Crippen molar-refractivity contribution in [3.8, 4) is 11.5 Å². The van der Waals surface area contributed by atoms with Crippen LogP contribution < -0.4 is 14.2 Å². The standard InChI is InChI=1S/C17H19NO4S/c1-12-3-5-14(6-4-12)11-18-23(19,20)17-10-16-15(9-13(17)2)21-7-8-22-16/h3-6,9-10,18H,7-8,11H2,1-2H3. The summed E-state index contributed by atoms with van der Waals surface area (Å²) in [6.45, 7) is 4.89. The van der Waals surface area contributed by atoms with Crippen molar-refractivity contribution in [2.24, 2.45) is 0 Å². The molecule has 1 aliphatic heterocycles. The fourth-order valence-electron chi connectivity index (χ4n) is 2.42. The Morgan fingerprint density at radius 1 is 1.00 bits per heavy atom. The van der Waals surface area contributed by atoms with Gasteiger partial charge in [0, 0.05) is 12.6 Å². The minimum Gasteiger partial charge on any atom is -0.486 e. The summed E-state index contributed by atoms with van der Waals surface area (Å²) in [5.41, 5.74) is 2.68. The molecule has 0 saturated heterocycles. The molecule has 0 fully saturated rings. The van der Waals surface area contributed by atoms with Crippen molar-refractivity contribution in [2.75, 3.05) is 13.2 Å². The van der Waals surface area contributed by atoms with E-state index in [0.717, 1.165) is 11.1 Å². The van der Waals surface area contributed by atoms with Gasteiger partial charge in [-0.1, -0.05) is 29.8 Å². The average molecular weight is 333 g/mol.